The van der Waals surface area contributed by atoms with E-state index in [0.717, 1.165) is 6.54 Å². The number of ether oxygens (including phenoxy) is 1. The second-order valence-electron chi connectivity index (χ2n) is 3.26. The van der Waals surface area contributed by atoms with E-state index in [1.54, 1.807) is 12.1 Å². The van der Waals surface area contributed by atoms with Crippen LogP contribution in [0.1, 0.15) is 11.6 Å². The molecule has 0 spiro atoms. The van der Waals surface area contributed by atoms with Crippen LogP contribution < -0.4 is 5.32 Å². The zero-order valence-electron chi connectivity index (χ0n) is 8.07. The first-order valence-electron chi connectivity index (χ1n) is 4.57. The SMILES string of the molecule is Cl.Oc1c(F)cccc1[C@@H]1COCCN1. The lowest BCUT2D eigenvalue weighted by molar-refractivity contribution is 0.0759. The summed E-state index contributed by atoms with van der Waals surface area (Å²) in [5.74, 6) is -0.870. The van der Waals surface area contributed by atoms with Gasteiger partial charge in [-0.05, 0) is 6.07 Å². The average molecular weight is 234 g/mol. The first-order valence-corrected chi connectivity index (χ1v) is 4.57. The molecule has 1 heterocycles. The Bertz CT molecular complexity index is 329. The van der Waals surface area contributed by atoms with Crippen molar-refractivity contribution in [3.63, 3.8) is 0 Å². The van der Waals surface area contributed by atoms with Gasteiger partial charge in [-0.3, -0.25) is 0 Å². The molecule has 0 aliphatic carbocycles. The first kappa shape index (κ1) is 12.2. The molecule has 5 heteroatoms. The molecule has 0 unspecified atom stereocenters. The van der Waals surface area contributed by atoms with Crippen molar-refractivity contribution >= 4 is 12.4 Å². The van der Waals surface area contributed by atoms with E-state index in [4.69, 9.17) is 4.74 Å². The fourth-order valence-electron chi connectivity index (χ4n) is 1.58. The highest BCUT2D eigenvalue weighted by molar-refractivity contribution is 5.85. The number of phenolic OH excluding ortho intramolecular Hbond substituents is 1. The molecule has 1 aliphatic heterocycles. The molecule has 1 atom stereocenters. The molecule has 1 saturated heterocycles. The van der Waals surface area contributed by atoms with Crippen LogP contribution in [0, 0.1) is 5.82 Å². The molecule has 0 radical (unpaired) electrons. The third kappa shape index (κ3) is 2.59. The molecule has 2 rings (SSSR count). The number of aromatic hydroxyl groups is 1. The van der Waals surface area contributed by atoms with Crippen LogP contribution in [-0.4, -0.2) is 24.9 Å². The molecule has 1 fully saturated rings. The lowest BCUT2D eigenvalue weighted by Gasteiger charge is -2.24. The Hall–Kier alpha value is -0.840. The predicted molar refractivity (Wildman–Crippen MR) is 56.9 cm³/mol. The zero-order valence-corrected chi connectivity index (χ0v) is 8.89. The largest absolute Gasteiger partial charge is 0.505 e. The predicted octanol–water partition coefficient (Wildman–Crippen LogP) is 1.61. The smallest absolute Gasteiger partial charge is 0.165 e. The van der Waals surface area contributed by atoms with Crippen molar-refractivity contribution in [3.05, 3.63) is 29.6 Å². The third-order valence-electron chi connectivity index (χ3n) is 2.32. The Balaban J connectivity index is 0.00000112. The third-order valence-corrected chi connectivity index (χ3v) is 2.32. The van der Waals surface area contributed by atoms with Crippen molar-refractivity contribution in [2.75, 3.05) is 19.8 Å². The molecule has 0 aromatic heterocycles. The standard InChI is InChI=1S/C10H12FNO2.ClH/c11-8-3-1-2-7(10(8)13)9-6-14-5-4-12-9;/h1-3,9,12-13H,4-6H2;1H/t9-;/m0./s1. The van der Waals surface area contributed by atoms with Crippen LogP contribution in [0.25, 0.3) is 0 Å². The molecule has 0 amide bonds. The number of morpholine rings is 1. The Morgan fingerprint density at radius 1 is 1.47 bits per heavy atom. The number of hydrogen-bond donors (Lipinski definition) is 2. The van der Waals surface area contributed by atoms with Crippen LogP contribution in [0.5, 0.6) is 5.75 Å². The summed E-state index contributed by atoms with van der Waals surface area (Å²) in [6.07, 6.45) is 0. The van der Waals surface area contributed by atoms with Crippen molar-refractivity contribution in [1.82, 2.24) is 5.32 Å². The lowest BCUT2D eigenvalue weighted by atomic mass is 10.1. The van der Waals surface area contributed by atoms with Gasteiger partial charge in [0.1, 0.15) is 0 Å². The van der Waals surface area contributed by atoms with E-state index in [0.29, 0.717) is 18.8 Å². The van der Waals surface area contributed by atoms with Gasteiger partial charge in [0.2, 0.25) is 0 Å². The molecule has 0 saturated carbocycles. The summed E-state index contributed by atoms with van der Waals surface area (Å²) >= 11 is 0. The maximum absolute atomic E-state index is 13.0. The van der Waals surface area contributed by atoms with Crippen molar-refractivity contribution in [2.45, 2.75) is 6.04 Å². The Morgan fingerprint density at radius 2 is 2.27 bits per heavy atom. The van der Waals surface area contributed by atoms with Crippen molar-refractivity contribution < 1.29 is 14.2 Å². The minimum Gasteiger partial charge on any atom is -0.505 e. The minimum atomic E-state index is -0.588. The Kier molecular flexibility index (Phi) is 4.32. The summed E-state index contributed by atoms with van der Waals surface area (Å²) in [6.45, 7) is 1.85. The molecule has 0 bridgehead atoms. The molecule has 84 valence electrons. The van der Waals surface area contributed by atoms with Crippen LogP contribution in [0.4, 0.5) is 4.39 Å². The average Bonchev–Trinajstić information content (AvgIpc) is 2.23. The summed E-state index contributed by atoms with van der Waals surface area (Å²) in [6, 6.07) is 4.41. The van der Waals surface area contributed by atoms with Crippen LogP contribution in [0.2, 0.25) is 0 Å². The van der Waals surface area contributed by atoms with Crippen LogP contribution in [-0.2, 0) is 4.74 Å². The van der Waals surface area contributed by atoms with E-state index < -0.39 is 5.82 Å². The minimum absolute atomic E-state index is 0. The number of halogens is 2. The molecular weight excluding hydrogens is 221 g/mol. The number of nitrogens with one attached hydrogen (secondary N) is 1. The number of para-hydroxylation sites is 1. The number of hydrogen-bond acceptors (Lipinski definition) is 3. The summed E-state index contributed by atoms with van der Waals surface area (Å²) in [5.41, 5.74) is 0.560. The highest BCUT2D eigenvalue weighted by Gasteiger charge is 2.19. The molecule has 1 aromatic carbocycles. The molecule has 1 aliphatic rings. The summed E-state index contributed by atoms with van der Waals surface area (Å²) in [7, 11) is 0. The van der Waals surface area contributed by atoms with Crippen LogP contribution in [0.3, 0.4) is 0 Å². The maximum atomic E-state index is 13.0. The Labute approximate surface area is 93.7 Å². The summed E-state index contributed by atoms with van der Waals surface area (Å²) in [4.78, 5) is 0. The number of phenols is 1. The summed E-state index contributed by atoms with van der Waals surface area (Å²) < 4.78 is 18.3. The molecule has 15 heavy (non-hydrogen) atoms. The normalized spacial score (nSPS) is 20.7. The van der Waals surface area contributed by atoms with Gasteiger partial charge in [-0.1, -0.05) is 12.1 Å². The zero-order chi connectivity index (χ0) is 9.97. The number of benzene rings is 1. The van der Waals surface area contributed by atoms with Crippen LogP contribution in [0.15, 0.2) is 18.2 Å². The lowest BCUT2D eigenvalue weighted by Crippen LogP contribution is -2.34. The quantitative estimate of drug-likeness (QED) is 0.775. The first-order chi connectivity index (χ1) is 6.79. The van der Waals surface area contributed by atoms with E-state index in [9.17, 15) is 9.50 Å². The van der Waals surface area contributed by atoms with Gasteiger partial charge in [-0.25, -0.2) is 4.39 Å². The van der Waals surface area contributed by atoms with Crippen molar-refractivity contribution in [3.8, 4) is 5.75 Å². The fourth-order valence-corrected chi connectivity index (χ4v) is 1.58. The van der Waals surface area contributed by atoms with Gasteiger partial charge < -0.3 is 15.2 Å². The monoisotopic (exact) mass is 233 g/mol. The molecule has 3 nitrogen and oxygen atoms in total. The Morgan fingerprint density at radius 3 is 2.93 bits per heavy atom. The topological polar surface area (TPSA) is 41.5 Å². The van der Waals surface area contributed by atoms with Gasteiger partial charge in [0.05, 0.1) is 19.3 Å². The maximum Gasteiger partial charge on any atom is 0.165 e. The van der Waals surface area contributed by atoms with Gasteiger partial charge in [-0.15, -0.1) is 12.4 Å². The molecular formula is C10H13ClFNO2. The van der Waals surface area contributed by atoms with E-state index in [-0.39, 0.29) is 24.2 Å². The van der Waals surface area contributed by atoms with Gasteiger partial charge in [0.25, 0.3) is 0 Å². The highest BCUT2D eigenvalue weighted by Crippen LogP contribution is 2.27. The van der Waals surface area contributed by atoms with E-state index in [1.807, 2.05) is 0 Å². The van der Waals surface area contributed by atoms with Crippen molar-refractivity contribution in [2.24, 2.45) is 0 Å². The highest BCUT2D eigenvalue weighted by atomic mass is 35.5. The van der Waals surface area contributed by atoms with E-state index in [1.165, 1.54) is 6.07 Å². The van der Waals surface area contributed by atoms with Crippen LogP contribution >= 0.6 is 12.4 Å². The van der Waals surface area contributed by atoms with Gasteiger partial charge in [-0.2, -0.15) is 0 Å². The molecule has 2 N–H and O–H groups in total. The van der Waals surface area contributed by atoms with Crippen molar-refractivity contribution in [1.29, 1.82) is 0 Å². The van der Waals surface area contributed by atoms with Gasteiger partial charge >= 0.3 is 0 Å². The molecule has 1 aromatic rings. The van der Waals surface area contributed by atoms with E-state index >= 15 is 0 Å². The number of rotatable bonds is 1. The fraction of sp³-hybridized carbons (Fsp3) is 0.400. The van der Waals surface area contributed by atoms with E-state index in [2.05, 4.69) is 5.32 Å². The van der Waals surface area contributed by atoms with Gasteiger partial charge in [0, 0.05) is 12.1 Å². The second-order valence-corrected chi connectivity index (χ2v) is 3.26. The second kappa shape index (κ2) is 5.30. The summed E-state index contributed by atoms with van der Waals surface area (Å²) in [5, 5.41) is 12.6. The van der Waals surface area contributed by atoms with Gasteiger partial charge in [0.15, 0.2) is 11.6 Å².